The lowest BCUT2D eigenvalue weighted by Crippen LogP contribution is -2.36. The van der Waals surface area contributed by atoms with Crippen molar-refractivity contribution in [2.75, 3.05) is 0 Å². The minimum absolute atomic E-state index is 0.344. The van der Waals surface area contributed by atoms with Gasteiger partial charge in [-0.3, -0.25) is 4.98 Å². The third-order valence-electron chi connectivity index (χ3n) is 5.09. The molecule has 1 aliphatic rings. The van der Waals surface area contributed by atoms with Crippen LogP contribution >= 0.6 is 11.3 Å². The van der Waals surface area contributed by atoms with Crippen LogP contribution in [-0.4, -0.2) is 25.5 Å². The lowest BCUT2D eigenvalue weighted by molar-refractivity contribution is 0.412. The molecule has 0 bridgehead atoms. The lowest BCUT2D eigenvalue weighted by atomic mass is 9.96. The van der Waals surface area contributed by atoms with Crippen molar-refractivity contribution in [3.63, 3.8) is 0 Å². The second-order valence-corrected chi connectivity index (χ2v) is 9.71. The highest BCUT2D eigenvalue weighted by Gasteiger charge is 2.22. The van der Waals surface area contributed by atoms with Crippen LogP contribution in [0.2, 0.25) is 0 Å². The summed E-state index contributed by atoms with van der Waals surface area (Å²) >= 11 is 0.387. The Morgan fingerprint density at radius 3 is 2.61 bits per heavy atom. The molecule has 2 aromatic heterocycles. The number of hydrogen-bond acceptors (Lipinski definition) is 6. The van der Waals surface area contributed by atoms with Crippen LogP contribution in [0.1, 0.15) is 42.7 Å². The van der Waals surface area contributed by atoms with E-state index in [1.807, 2.05) is 38.2 Å². The van der Waals surface area contributed by atoms with Gasteiger partial charge in [0.15, 0.2) is 4.90 Å². The van der Waals surface area contributed by atoms with Gasteiger partial charge in [-0.2, -0.15) is 0 Å². The maximum absolute atomic E-state index is 12.9. The Labute approximate surface area is 173 Å². The number of hydrogen-bond donors (Lipinski definition) is 1. The molecule has 1 aromatic carbocycles. The topological polar surface area (TPSA) is 73.8 Å². The molecule has 5 nitrogen and oxygen atoms in total. The Morgan fingerprint density at radius 1 is 1.07 bits per heavy atom. The minimum atomic E-state index is -1.22. The van der Waals surface area contributed by atoms with E-state index in [9.17, 15) is 4.55 Å². The van der Waals surface area contributed by atoms with Crippen molar-refractivity contribution in [3.8, 4) is 21.8 Å². The normalized spacial score (nSPS) is 16.2. The summed E-state index contributed by atoms with van der Waals surface area (Å²) in [6, 6.07) is 6.27. The van der Waals surface area contributed by atoms with E-state index in [1.165, 1.54) is 19.3 Å². The lowest BCUT2D eigenvalue weighted by Gasteiger charge is -2.23. The average Bonchev–Trinajstić information content (AvgIpc) is 3.15. The van der Waals surface area contributed by atoms with Crippen molar-refractivity contribution >= 4 is 22.7 Å². The molecule has 1 fully saturated rings. The molecular weight excluding hydrogens is 388 g/mol. The third kappa shape index (κ3) is 4.43. The molecule has 1 atom stereocenters. The molecule has 7 heteroatoms. The number of thiazole rings is 1. The largest absolute Gasteiger partial charge is 0.593 e. The van der Waals surface area contributed by atoms with Crippen LogP contribution in [0.25, 0.3) is 21.8 Å². The number of aromatic nitrogens is 3. The van der Waals surface area contributed by atoms with Crippen LogP contribution in [0.5, 0.6) is 0 Å². The van der Waals surface area contributed by atoms with Crippen LogP contribution in [0, 0.1) is 13.8 Å². The molecule has 1 N–H and O–H groups in total. The second-order valence-electron chi connectivity index (χ2n) is 7.23. The highest BCUT2D eigenvalue weighted by atomic mass is 32.2. The van der Waals surface area contributed by atoms with Crippen molar-refractivity contribution < 1.29 is 4.55 Å². The highest BCUT2D eigenvalue weighted by Crippen LogP contribution is 2.29. The predicted octanol–water partition coefficient (Wildman–Crippen LogP) is 4.83. The maximum atomic E-state index is 12.9. The van der Waals surface area contributed by atoms with E-state index in [0.717, 1.165) is 50.1 Å². The van der Waals surface area contributed by atoms with Gasteiger partial charge in [0.1, 0.15) is 5.69 Å². The summed E-state index contributed by atoms with van der Waals surface area (Å²) in [5.74, 6) is 0. The Balaban J connectivity index is 1.60. The van der Waals surface area contributed by atoms with Gasteiger partial charge in [0.25, 0.3) is 0 Å². The van der Waals surface area contributed by atoms with Gasteiger partial charge in [0.2, 0.25) is 0 Å². The van der Waals surface area contributed by atoms with Crippen molar-refractivity contribution in [3.05, 3.63) is 47.4 Å². The molecule has 1 saturated carbocycles. The van der Waals surface area contributed by atoms with Gasteiger partial charge >= 0.3 is 0 Å². The summed E-state index contributed by atoms with van der Waals surface area (Å²) in [6.45, 7) is 4.02. The first-order chi connectivity index (χ1) is 13.6. The quantitative estimate of drug-likeness (QED) is 0.608. The number of rotatable bonds is 5. The van der Waals surface area contributed by atoms with Crippen molar-refractivity contribution in [2.45, 2.75) is 56.9 Å². The smallest absolute Gasteiger partial charge is 0.174 e. The van der Waals surface area contributed by atoms with Gasteiger partial charge in [-0.15, -0.1) is 16.1 Å². The Bertz CT molecular complexity index is 953. The van der Waals surface area contributed by atoms with E-state index in [1.54, 1.807) is 23.7 Å². The fraction of sp³-hybridized carbons (Fsp3) is 0.381. The summed E-state index contributed by atoms with van der Waals surface area (Å²) in [4.78, 5) is 15.3. The van der Waals surface area contributed by atoms with Gasteiger partial charge in [0.05, 0.1) is 45.4 Å². The zero-order valence-electron chi connectivity index (χ0n) is 16.1. The van der Waals surface area contributed by atoms with E-state index >= 15 is 0 Å². The van der Waals surface area contributed by atoms with Crippen LogP contribution in [0.4, 0.5) is 0 Å². The third-order valence-corrected chi connectivity index (χ3v) is 7.25. The minimum Gasteiger partial charge on any atom is -0.593 e. The molecule has 0 aliphatic heterocycles. The Kier molecular flexibility index (Phi) is 6.06. The fourth-order valence-corrected chi connectivity index (χ4v) is 5.35. The van der Waals surface area contributed by atoms with E-state index in [-0.39, 0.29) is 0 Å². The first kappa shape index (κ1) is 19.5. The summed E-state index contributed by atoms with van der Waals surface area (Å²) in [7, 11) is 0. The van der Waals surface area contributed by atoms with Crippen molar-refractivity contribution in [1.82, 2.24) is 19.7 Å². The molecule has 0 radical (unpaired) electrons. The van der Waals surface area contributed by atoms with Gasteiger partial charge in [0, 0.05) is 17.8 Å². The van der Waals surface area contributed by atoms with Gasteiger partial charge in [-0.1, -0.05) is 25.3 Å². The first-order valence-electron chi connectivity index (χ1n) is 9.64. The van der Waals surface area contributed by atoms with Crippen LogP contribution in [0.3, 0.4) is 0 Å². The molecule has 4 rings (SSSR count). The summed E-state index contributed by atoms with van der Waals surface area (Å²) in [5.41, 5.74) is 3.66. The molecule has 0 spiro atoms. The van der Waals surface area contributed by atoms with Crippen LogP contribution < -0.4 is 4.72 Å². The van der Waals surface area contributed by atoms with Crippen LogP contribution in [0.15, 0.2) is 41.7 Å². The molecule has 1 unspecified atom stereocenters. The summed E-state index contributed by atoms with van der Waals surface area (Å²) < 4.78 is 16.2. The number of nitrogens with zero attached hydrogens (tertiary/aromatic N) is 3. The zero-order chi connectivity index (χ0) is 19.5. The zero-order valence-corrected chi connectivity index (χ0v) is 17.8. The molecule has 28 heavy (non-hydrogen) atoms. The predicted molar refractivity (Wildman–Crippen MR) is 114 cm³/mol. The highest BCUT2D eigenvalue weighted by molar-refractivity contribution is 7.89. The molecule has 0 saturated heterocycles. The molecular formula is C21H24N4OS2. The van der Waals surface area contributed by atoms with Crippen LogP contribution in [-0.2, 0) is 11.4 Å². The molecule has 0 amide bonds. The number of aryl methyl sites for hydroxylation is 2. The second kappa shape index (κ2) is 8.69. The van der Waals surface area contributed by atoms with E-state index in [4.69, 9.17) is 4.98 Å². The molecule has 2 heterocycles. The average molecular weight is 413 g/mol. The van der Waals surface area contributed by atoms with E-state index < -0.39 is 11.4 Å². The van der Waals surface area contributed by atoms with Gasteiger partial charge in [-0.25, -0.2) is 9.97 Å². The number of nitrogens with one attached hydrogen (secondary N) is 1. The standard InChI is InChI=1S/C21H24N4OS2/c1-14-8-9-17(28(26)25-16-6-4-3-5-7-16)10-18(14)19-11-22-12-20(24-19)21-13-23-15(2)27-21/h8-13,16,25H,3-7H2,1-2H3. The van der Waals surface area contributed by atoms with E-state index in [0.29, 0.717) is 6.04 Å². The molecule has 3 aromatic rings. The first-order valence-corrected chi connectivity index (χ1v) is 11.6. The van der Waals surface area contributed by atoms with Gasteiger partial charge in [-0.05, 0) is 38.3 Å². The van der Waals surface area contributed by atoms with Crippen molar-refractivity contribution in [2.24, 2.45) is 0 Å². The maximum Gasteiger partial charge on any atom is 0.174 e. The molecule has 1 aliphatic carbocycles. The summed E-state index contributed by atoms with van der Waals surface area (Å²) in [5, 5.41) is 1.00. The Morgan fingerprint density at radius 2 is 1.86 bits per heavy atom. The van der Waals surface area contributed by atoms with Gasteiger partial charge < -0.3 is 4.55 Å². The summed E-state index contributed by atoms with van der Waals surface area (Å²) in [6.07, 6.45) is 11.3. The van der Waals surface area contributed by atoms with E-state index in [2.05, 4.69) is 14.7 Å². The number of benzene rings is 1. The fourth-order valence-electron chi connectivity index (χ4n) is 3.53. The SMILES string of the molecule is Cc1ncc(-c2cncc(-c3cc([S+]([O-])NC4CCCCC4)ccc3C)n2)s1. The monoisotopic (exact) mass is 412 g/mol. The Hall–Kier alpha value is -1.80. The molecule has 146 valence electrons. The van der Waals surface area contributed by atoms with Crippen molar-refractivity contribution in [1.29, 1.82) is 0 Å².